The second-order valence-corrected chi connectivity index (χ2v) is 6.35. The molecule has 1 amide bonds. The Morgan fingerprint density at radius 1 is 1.31 bits per heavy atom. The molecule has 1 atom stereocenters. The Morgan fingerprint density at radius 3 is 2.38 bits per heavy atom. The van der Waals surface area contributed by atoms with Gasteiger partial charge in [0.1, 0.15) is 6.10 Å². The summed E-state index contributed by atoms with van der Waals surface area (Å²) >= 11 is 0. The molecule has 0 spiro atoms. The van der Waals surface area contributed by atoms with E-state index in [1.54, 1.807) is 0 Å². The van der Waals surface area contributed by atoms with Crippen molar-refractivity contribution in [2.24, 2.45) is 11.3 Å². The van der Waals surface area contributed by atoms with Gasteiger partial charge in [-0.2, -0.15) is 0 Å². The topological polar surface area (TPSA) is 38.3 Å². The minimum absolute atomic E-state index is 0.116. The Morgan fingerprint density at radius 2 is 1.94 bits per heavy atom. The van der Waals surface area contributed by atoms with Crippen molar-refractivity contribution in [3.05, 3.63) is 0 Å². The van der Waals surface area contributed by atoms with Crippen LogP contribution in [0.4, 0.5) is 4.79 Å². The lowest BCUT2D eigenvalue weighted by atomic mass is 9.83. The predicted molar refractivity (Wildman–Crippen MR) is 63.2 cm³/mol. The Balaban J connectivity index is 1.81. The van der Waals surface area contributed by atoms with Gasteiger partial charge in [-0.25, -0.2) is 4.79 Å². The molecule has 0 aromatic rings. The van der Waals surface area contributed by atoms with E-state index >= 15 is 0 Å². The highest BCUT2D eigenvalue weighted by Crippen LogP contribution is 2.37. The van der Waals surface area contributed by atoms with Crippen molar-refractivity contribution in [1.29, 1.82) is 0 Å². The second kappa shape index (κ2) is 4.27. The van der Waals surface area contributed by atoms with Gasteiger partial charge in [0, 0.05) is 6.04 Å². The highest BCUT2D eigenvalue weighted by atomic mass is 16.6. The first-order valence-corrected chi connectivity index (χ1v) is 6.42. The first kappa shape index (κ1) is 11.7. The van der Waals surface area contributed by atoms with Crippen LogP contribution in [0.1, 0.15) is 52.9 Å². The summed E-state index contributed by atoms with van der Waals surface area (Å²) in [6.45, 7) is 6.53. The summed E-state index contributed by atoms with van der Waals surface area (Å²) < 4.78 is 5.24. The maximum Gasteiger partial charge on any atom is 0.407 e. The SMILES string of the molecule is CC(C)(C)C(CC1CC1)NC(=O)OC1CC1. The van der Waals surface area contributed by atoms with Crippen LogP contribution in [0, 0.1) is 11.3 Å². The van der Waals surface area contributed by atoms with Crippen LogP contribution in [-0.2, 0) is 4.74 Å². The second-order valence-electron chi connectivity index (χ2n) is 6.35. The molecule has 2 aliphatic rings. The zero-order valence-corrected chi connectivity index (χ0v) is 10.6. The molecule has 1 unspecified atom stereocenters. The van der Waals surface area contributed by atoms with Gasteiger partial charge in [0.05, 0.1) is 0 Å². The predicted octanol–water partition coefficient (Wildman–Crippen LogP) is 3.09. The fourth-order valence-electron chi connectivity index (χ4n) is 1.83. The number of nitrogens with one attached hydrogen (secondary N) is 1. The lowest BCUT2D eigenvalue weighted by Gasteiger charge is -2.31. The van der Waals surface area contributed by atoms with Crippen LogP contribution in [0.15, 0.2) is 0 Å². The van der Waals surface area contributed by atoms with Crippen molar-refractivity contribution in [3.63, 3.8) is 0 Å². The number of amides is 1. The van der Waals surface area contributed by atoms with Crippen molar-refractivity contribution in [2.45, 2.75) is 65.0 Å². The Bertz CT molecular complexity index is 262. The van der Waals surface area contributed by atoms with Crippen LogP contribution >= 0.6 is 0 Å². The summed E-state index contributed by atoms with van der Waals surface area (Å²) in [5.41, 5.74) is 0.116. The Labute approximate surface area is 97.9 Å². The quantitative estimate of drug-likeness (QED) is 0.798. The number of hydrogen-bond acceptors (Lipinski definition) is 2. The summed E-state index contributed by atoms with van der Waals surface area (Å²) in [5.74, 6) is 0.824. The summed E-state index contributed by atoms with van der Waals surface area (Å²) in [6.07, 6.45) is 5.80. The summed E-state index contributed by atoms with van der Waals surface area (Å²) in [7, 11) is 0. The van der Waals surface area contributed by atoms with E-state index in [2.05, 4.69) is 26.1 Å². The van der Waals surface area contributed by atoms with Crippen LogP contribution in [0.3, 0.4) is 0 Å². The average molecular weight is 225 g/mol. The molecule has 1 N–H and O–H groups in total. The largest absolute Gasteiger partial charge is 0.446 e. The van der Waals surface area contributed by atoms with Crippen molar-refractivity contribution >= 4 is 6.09 Å². The smallest absolute Gasteiger partial charge is 0.407 e. The van der Waals surface area contributed by atoms with E-state index in [9.17, 15) is 4.79 Å². The van der Waals surface area contributed by atoms with Crippen LogP contribution in [-0.4, -0.2) is 18.2 Å². The summed E-state index contributed by atoms with van der Waals surface area (Å²) in [4.78, 5) is 11.6. The third kappa shape index (κ3) is 3.69. The van der Waals surface area contributed by atoms with E-state index in [0.717, 1.165) is 25.2 Å². The van der Waals surface area contributed by atoms with Gasteiger partial charge in [0.15, 0.2) is 0 Å². The molecule has 0 aromatic carbocycles. The van der Waals surface area contributed by atoms with Crippen molar-refractivity contribution in [1.82, 2.24) is 5.32 Å². The van der Waals surface area contributed by atoms with E-state index in [1.807, 2.05) is 0 Å². The van der Waals surface area contributed by atoms with Crippen molar-refractivity contribution in [2.75, 3.05) is 0 Å². The average Bonchev–Trinajstić information content (AvgIpc) is 2.94. The Hall–Kier alpha value is -0.730. The zero-order valence-electron chi connectivity index (χ0n) is 10.6. The van der Waals surface area contributed by atoms with Gasteiger partial charge in [-0.1, -0.05) is 33.6 Å². The third-order valence-electron chi connectivity index (χ3n) is 3.40. The van der Waals surface area contributed by atoms with Gasteiger partial charge in [-0.05, 0) is 30.6 Å². The van der Waals surface area contributed by atoms with E-state index in [1.165, 1.54) is 12.8 Å². The fraction of sp³-hybridized carbons (Fsp3) is 0.923. The van der Waals surface area contributed by atoms with Gasteiger partial charge in [-0.3, -0.25) is 0 Å². The monoisotopic (exact) mass is 225 g/mol. The van der Waals surface area contributed by atoms with E-state index in [0.29, 0.717) is 0 Å². The summed E-state index contributed by atoms with van der Waals surface area (Å²) in [6, 6.07) is 0.242. The molecule has 2 fully saturated rings. The van der Waals surface area contributed by atoms with Crippen molar-refractivity contribution in [3.8, 4) is 0 Å². The van der Waals surface area contributed by atoms with E-state index in [-0.39, 0.29) is 23.7 Å². The molecule has 0 saturated heterocycles. The molecule has 0 aromatic heterocycles. The first-order chi connectivity index (χ1) is 7.45. The molecule has 0 aliphatic heterocycles. The highest BCUT2D eigenvalue weighted by Gasteiger charge is 2.34. The summed E-state index contributed by atoms with van der Waals surface area (Å²) in [5, 5.41) is 3.04. The number of hydrogen-bond donors (Lipinski definition) is 1. The van der Waals surface area contributed by atoms with Gasteiger partial charge in [0.25, 0.3) is 0 Å². The maximum absolute atomic E-state index is 11.6. The number of ether oxygens (including phenoxy) is 1. The minimum Gasteiger partial charge on any atom is -0.446 e. The molecule has 3 heteroatoms. The third-order valence-corrected chi connectivity index (χ3v) is 3.40. The molecule has 2 rings (SSSR count). The number of carbonyl (C=O) groups excluding carboxylic acids is 1. The number of rotatable bonds is 4. The number of alkyl carbamates (subject to hydrolysis) is 1. The lowest BCUT2D eigenvalue weighted by molar-refractivity contribution is 0.123. The standard InChI is InChI=1S/C13H23NO2/c1-13(2,3)11(8-9-4-5-9)14-12(15)16-10-6-7-10/h9-11H,4-8H2,1-3H3,(H,14,15). The van der Waals surface area contributed by atoms with E-state index < -0.39 is 0 Å². The zero-order chi connectivity index (χ0) is 11.8. The van der Waals surface area contributed by atoms with Gasteiger partial charge >= 0.3 is 6.09 Å². The Kier molecular flexibility index (Phi) is 3.13. The molecule has 0 heterocycles. The molecule has 2 aliphatic carbocycles. The van der Waals surface area contributed by atoms with E-state index in [4.69, 9.17) is 4.74 Å². The highest BCUT2D eigenvalue weighted by molar-refractivity contribution is 5.68. The maximum atomic E-state index is 11.6. The lowest BCUT2D eigenvalue weighted by Crippen LogP contribution is -2.44. The molecule has 16 heavy (non-hydrogen) atoms. The molecular formula is C13H23NO2. The molecule has 3 nitrogen and oxygen atoms in total. The van der Waals surface area contributed by atoms with Gasteiger partial charge < -0.3 is 10.1 Å². The number of carbonyl (C=O) groups is 1. The molecule has 0 bridgehead atoms. The minimum atomic E-state index is -0.219. The van der Waals surface area contributed by atoms with Crippen LogP contribution in [0.2, 0.25) is 0 Å². The first-order valence-electron chi connectivity index (χ1n) is 6.42. The van der Waals surface area contributed by atoms with Crippen LogP contribution in [0.25, 0.3) is 0 Å². The molecule has 0 radical (unpaired) electrons. The normalized spacial score (nSPS) is 22.7. The molecule has 2 saturated carbocycles. The molecular weight excluding hydrogens is 202 g/mol. The van der Waals surface area contributed by atoms with Gasteiger partial charge in [0.2, 0.25) is 0 Å². The fourth-order valence-corrected chi connectivity index (χ4v) is 1.83. The molecule has 92 valence electrons. The van der Waals surface area contributed by atoms with Gasteiger partial charge in [-0.15, -0.1) is 0 Å². The van der Waals surface area contributed by atoms with Crippen LogP contribution < -0.4 is 5.32 Å². The van der Waals surface area contributed by atoms with Crippen molar-refractivity contribution < 1.29 is 9.53 Å². The van der Waals surface area contributed by atoms with Crippen LogP contribution in [0.5, 0.6) is 0 Å².